The Hall–Kier alpha value is -1.94. The molecule has 1 saturated heterocycles. The van der Waals surface area contributed by atoms with Crippen molar-refractivity contribution in [2.24, 2.45) is 5.92 Å². The predicted octanol–water partition coefficient (Wildman–Crippen LogP) is 3.09. The van der Waals surface area contributed by atoms with Gasteiger partial charge < -0.3 is 15.4 Å². The molecule has 2 heterocycles. The fourth-order valence-electron chi connectivity index (χ4n) is 2.78. The first kappa shape index (κ1) is 20.8. The van der Waals surface area contributed by atoms with E-state index in [0.29, 0.717) is 55.0 Å². The number of sulfonamides is 1. The van der Waals surface area contributed by atoms with Crippen molar-refractivity contribution < 1.29 is 17.9 Å². The Kier molecular flexibility index (Phi) is 6.71. The SMILES string of the molecule is CC(C)CNc1ccc(S(=O)(=O)N2CCOCC2)cc1NC(=O)c1cccs1. The van der Waals surface area contributed by atoms with Crippen LogP contribution in [-0.2, 0) is 14.8 Å². The standard InChI is InChI=1S/C19H25N3O4S2/c1-14(2)13-20-16-6-5-15(28(24,25)22-7-9-26-10-8-22)12-17(16)21-19(23)18-4-3-11-27-18/h3-6,11-12,14,20H,7-10,13H2,1-2H3,(H,21,23). The van der Waals surface area contributed by atoms with E-state index in [-0.39, 0.29) is 10.8 Å². The first-order valence-electron chi connectivity index (χ1n) is 9.18. The maximum atomic E-state index is 13.0. The Morgan fingerprint density at radius 3 is 2.61 bits per heavy atom. The molecule has 152 valence electrons. The summed E-state index contributed by atoms with van der Waals surface area (Å²) < 4.78 is 32.6. The number of carbonyl (C=O) groups excluding carboxylic acids is 1. The molecule has 2 aromatic rings. The van der Waals surface area contributed by atoms with Crippen LogP contribution in [0.4, 0.5) is 11.4 Å². The quantitative estimate of drug-likeness (QED) is 0.715. The molecule has 1 amide bonds. The highest BCUT2D eigenvalue weighted by atomic mass is 32.2. The molecule has 2 N–H and O–H groups in total. The molecule has 0 aliphatic carbocycles. The predicted molar refractivity (Wildman–Crippen MR) is 112 cm³/mol. The Balaban J connectivity index is 1.91. The second-order valence-corrected chi connectivity index (χ2v) is 9.82. The number of benzene rings is 1. The second-order valence-electron chi connectivity index (χ2n) is 6.93. The van der Waals surface area contributed by atoms with E-state index in [1.165, 1.54) is 21.7 Å². The van der Waals surface area contributed by atoms with Crippen molar-refractivity contribution in [3.8, 4) is 0 Å². The summed E-state index contributed by atoms with van der Waals surface area (Å²) in [5.74, 6) is 0.140. The van der Waals surface area contributed by atoms with Crippen LogP contribution in [0.5, 0.6) is 0 Å². The molecular weight excluding hydrogens is 398 g/mol. The minimum Gasteiger partial charge on any atom is -0.383 e. The van der Waals surface area contributed by atoms with Gasteiger partial charge in [-0.1, -0.05) is 19.9 Å². The van der Waals surface area contributed by atoms with Gasteiger partial charge in [0, 0.05) is 19.6 Å². The van der Waals surface area contributed by atoms with Crippen LogP contribution in [0.1, 0.15) is 23.5 Å². The van der Waals surface area contributed by atoms with E-state index in [2.05, 4.69) is 24.5 Å². The lowest BCUT2D eigenvalue weighted by atomic mass is 10.2. The number of hydrogen-bond acceptors (Lipinski definition) is 6. The van der Waals surface area contributed by atoms with Crippen molar-refractivity contribution in [1.82, 2.24) is 4.31 Å². The van der Waals surface area contributed by atoms with E-state index in [1.54, 1.807) is 24.3 Å². The topological polar surface area (TPSA) is 87.7 Å². The highest BCUT2D eigenvalue weighted by molar-refractivity contribution is 7.89. The maximum absolute atomic E-state index is 13.0. The average molecular weight is 424 g/mol. The lowest BCUT2D eigenvalue weighted by Crippen LogP contribution is -2.40. The number of carbonyl (C=O) groups is 1. The summed E-state index contributed by atoms with van der Waals surface area (Å²) in [4.78, 5) is 13.2. The highest BCUT2D eigenvalue weighted by Gasteiger charge is 2.27. The van der Waals surface area contributed by atoms with Gasteiger partial charge in [0.25, 0.3) is 5.91 Å². The lowest BCUT2D eigenvalue weighted by Gasteiger charge is -2.26. The third kappa shape index (κ3) is 4.91. The number of thiophene rings is 1. The Labute approximate surface area is 169 Å². The summed E-state index contributed by atoms with van der Waals surface area (Å²) >= 11 is 1.33. The molecule has 1 aromatic heterocycles. The number of hydrogen-bond donors (Lipinski definition) is 2. The molecule has 1 aromatic carbocycles. The minimum atomic E-state index is -3.65. The molecule has 1 aliphatic rings. The third-order valence-corrected chi connectivity index (χ3v) is 7.06. The lowest BCUT2D eigenvalue weighted by molar-refractivity contribution is 0.0730. The number of morpholine rings is 1. The van der Waals surface area contributed by atoms with Gasteiger partial charge in [-0.2, -0.15) is 4.31 Å². The second kappa shape index (κ2) is 9.04. The monoisotopic (exact) mass is 423 g/mol. The molecule has 9 heteroatoms. The smallest absolute Gasteiger partial charge is 0.265 e. The molecule has 0 radical (unpaired) electrons. The zero-order valence-electron chi connectivity index (χ0n) is 16.0. The van der Waals surface area contributed by atoms with Gasteiger partial charge in [0.1, 0.15) is 0 Å². The molecule has 0 saturated carbocycles. The number of amides is 1. The summed E-state index contributed by atoms with van der Waals surface area (Å²) in [6.07, 6.45) is 0. The van der Waals surface area contributed by atoms with Gasteiger partial charge in [0.15, 0.2) is 0 Å². The van der Waals surface area contributed by atoms with Crippen LogP contribution >= 0.6 is 11.3 Å². The van der Waals surface area contributed by atoms with E-state index in [4.69, 9.17) is 4.74 Å². The van der Waals surface area contributed by atoms with Crippen molar-refractivity contribution in [1.29, 1.82) is 0 Å². The van der Waals surface area contributed by atoms with Crippen LogP contribution in [0.25, 0.3) is 0 Å². The van der Waals surface area contributed by atoms with Crippen LogP contribution in [0.3, 0.4) is 0 Å². The van der Waals surface area contributed by atoms with E-state index >= 15 is 0 Å². The molecule has 1 aliphatic heterocycles. The summed E-state index contributed by atoms with van der Waals surface area (Å²) in [6.45, 7) is 6.28. The van der Waals surface area contributed by atoms with E-state index in [1.807, 2.05) is 5.38 Å². The molecule has 7 nitrogen and oxygen atoms in total. The van der Waals surface area contributed by atoms with Gasteiger partial charge in [-0.3, -0.25) is 4.79 Å². The number of anilines is 2. The molecule has 1 fully saturated rings. The molecule has 0 unspecified atom stereocenters. The van der Waals surface area contributed by atoms with Crippen molar-refractivity contribution in [2.75, 3.05) is 43.5 Å². The van der Waals surface area contributed by atoms with Crippen LogP contribution < -0.4 is 10.6 Å². The van der Waals surface area contributed by atoms with Gasteiger partial charge in [-0.15, -0.1) is 11.3 Å². The number of nitrogens with one attached hydrogen (secondary N) is 2. The van der Waals surface area contributed by atoms with E-state index in [9.17, 15) is 13.2 Å². The number of ether oxygens (including phenoxy) is 1. The average Bonchev–Trinajstić information content (AvgIpc) is 3.22. The first-order chi connectivity index (χ1) is 13.4. The molecule has 0 bridgehead atoms. The third-order valence-electron chi connectivity index (χ3n) is 4.29. The maximum Gasteiger partial charge on any atom is 0.265 e. The summed E-state index contributed by atoms with van der Waals surface area (Å²) in [5.41, 5.74) is 1.15. The Morgan fingerprint density at radius 2 is 1.96 bits per heavy atom. The largest absolute Gasteiger partial charge is 0.383 e. The fraction of sp³-hybridized carbons (Fsp3) is 0.421. The van der Waals surface area contributed by atoms with Crippen LogP contribution in [0.2, 0.25) is 0 Å². The van der Waals surface area contributed by atoms with Gasteiger partial charge in [0.05, 0.1) is 34.4 Å². The molecule has 0 spiro atoms. The zero-order chi connectivity index (χ0) is 20.1. The van der Waals surface area contributed by atoms with Crippen LogP contribution in [0, 0.1) is 5.92 Å². The summed E-state index contributed by atoms with van der Waals surface area (Å²) in [5, 5.41) is 7.96. The Bertz CT molecular complexity index is 905. The summed E-state index contributed by atoms with van der Waals surface area (Å²) in [6, 6.07) is 8.35. The van der Waals surface area contributed by atoms with Gasteiger partial charge in [-0.05, 0) is 35.6 Å². The molecule has 3 rings (SSSR count). The van der Waals surface area contributed by atoms with Gasteiger partial charge in [-0.25, -0.2) is 8.42 Å². The number of rotatable bonds is 7. The van der Waals surface area contributed by atoms with Crippen LogP contribution in [0.15, 0.2) is 40.6 Å². The zero-order valence-corrected chi connectivity index (χ0v) is 17.6. The van der Waals surface area contributed by atoms with Crippen molar-refractivity contribution in [3.05, 3.63) is 40.6 Å². The van der Waals surface area contributed by atoms with Crippen LogP contribution in [-0.4, -0.2) is 51.5 Å². The number of nitrogens with zero attached hydrogens (tertiary/aromatic N) is 1. The first-order valence-corrected chi connectivity index (χ1v) is 11.5. The summed E-state index contributed by atoms with van der Waals surface area (Å²) in [7, 11) is -3.65. The van der Waals surface area contributed by atoms with Crippen molar-refractivity contribution in [2.45, 2.75) is 18.7 Å². The molecular formula is C19H25N3O4S2. The van der Waals surface area contributed by atoms with Crippen molar-refractivity contribution >= 4 is 38.6 Å². The fourth-order valence-corrected chi connectivity index (χ4v) is 4.84. The molecule has 0 atom stereocenters. The van der Waals surface area contributed by atoms with E-state index < -0.39 is 10.0 Å². The Morgan fingerprint density at radius 1 is 1.21 bits per heavy atom. The van der Waals surface area contributed by atoms with E-state index in [0.717, 1.165) is 0 Å². The highest BCUT2D eigenvalue weighted by Crippen LogP contribution is 2.29. The normalized spacial score (nSPS) is 15.5. The van der Waals surface area contributed by atoms with Gasteiger partial charge >= 0.3 is 0 Å². The van der Waals surface area contributed by atoms with Crippen molar-refractivity contribution in [3.63, 3.8) is 0 Å². The van der Waals surface area contributed by atoms with Gasteiger partial charge in [0.2, 0.25) is 10.0 Å². The minimum absolute atomic E-state index is 0.158. The molecule has 28 heavy (non-hydrogen) atoms.